The summed E-state index contributed by atoms with van der Waals surface area (Å²) in [5.41, 5.74) is 4.39. The highest BCUT2D eigenvalue weighted by Crippen LogP contribution is 2.19. The van der Waals surface area contributed by atoms with Gasteiger partial charge in [0.05, 0.1) is 6.04 Å². The molecule has 2 rings (SSSR count). The molecule has 21 heavy (non-hydrogen) atoms. The van der Waals surface area contributed by atoms with E-state index in [0.717, 1.165) is 11.1 Å². The molecule has 3 heteroatoms. The Balaban J connectivity index is 2.16. The van der Waals surface area contributed by atoms with E-state index in [-0.39, 0.29) is 17.8 Å². The molecule has 0 bridgehead atoms. The first-order chi connectivity index (χ1) is 9.88. The molecule has 0 radical (unpaired) electrons. The molecule has 0 aromatic heterocycles. The normalized spacial score (nSPS) is 12.0. The zero-order valence-electron chi connectivity index (χ0n) is 12.8. The van der Waals surface area contributed by atoms with Crippen molar-refractivity contribution in [3.63, 3.8) is 0 Å². The van der Waals surface area contributed by atoms with Gasteiger partial charge in [-0.2, -0.15) is 0 Å². The highest BCUT2D eigenvalue weighted by molar-refractivity contribution is 5.94. The minimum atomic E-state index is -0.297. The van der Waals surface area contributed by atoms with E-state index >= 15 is 0 Å². The number of amides is 1. The molecule has 0 fully saturated rings. The molecule has 0 aliphatic rings. The monoisotopic (exact) mass is 285 g/mol. The lowest BCUT2D eigenvalue weighted by Crippen LogP contribution is -2.27. The first kappa shape index (κ1) is 15.2. The first-order valence-electron chi connectivity index (χ1n) is 7.02. The highest BCUT2D eigenvalue weighted by Gasteiger charge is 2.14. The number of aryl methyl sites for hydroxylation is 3. The van der Waals surface area contributed by atoms with Gasteiger partial charge in [0.15, 0.2) is 0 Å². The van der Waals surface area contributed by atoms with Crippen LogP contribution < -0.4 is 5.32 Å². The molecule has 0 aliphatic carbocycles. The van der Waals surface area contributed by atoms with Crippen molar-refractivity contribution in [3.05, 3.63) is 70.0 Å². The van der Waals surface area contributed by atoms with Crippen LogP contribution >= 0.6 is 0 Å². The smallest absolute Gasteiger partial charge is 0.251 e. The van der Waals surface area contributed by atoms with Gasteiger partial charge in [-0.3, -0.25) is 4.79 Å². The fourth-order valence-corrected chi connectivity index (χ4v) is 2.46. The van der Waals surface area contributed by atoms with Gasteiger partial charge in [0.1, 0.15) is 5.82 Å². The third-order valence-corrected chi connectivity index (χ3v) is 3.66. The third kappa shape index (κ3) is 3.48. The molecule has 110 valence electrons. The van der Waals surface area contributed by atoms with Crippen molar-refractivity contribution >= 4 is 5.91 Å². The quantitative estimate of drug-likeness (QED) is 0.897. The number of hydrogen-bond donors (Lipinski definition) is 1. The predicted octanol–water partition coefficient (Wildman–Crippen LogP) is 4.24. The SMILES string of the molecule is Cc1ccc(C(C)NC(=O)c2ccc(F)c(C)c2)c(C)c1. The summed E-state index contributed by atoms with van der Waals surface area (Å²) in [7, 11) is 0. The molecule has 2 aromatic carbocycles. The summed E-state index contributed by atoms with van der Waals surface area (Å²) in [4.78, 5) is 12.2. The van der Waals surface area contributed by atoms with Gasteiger partial charge in [0.2, 0.25) is 0 Å². The van der Waals surface area contributed by atoms with Crippen molar-refractivity contribution < 1.29 is 9.18 Å². The van der Waals surface area contributed by atoms with Crippen molar-refractivity contribution in [2.75, 3.05) is 0 Å². The summed E-state index contributed by atoms with van der Waals surface area (Å²) in [6.07, 6.45) is 0. The molecular formula is C18H20FNO. The van der Waals surface area contributed by atoms with Gasteiger partial charge in [0.25, 0.3) is 5.91 Å². The van der Waals surface area contributed by atoms with Crippen molar-refractivity contribution in [1.29, 1.82) is 0 Å². The summed E-state index contributed by atoms with van der Waals surface area (Å²) in [6, 6.07) is 10.5. The molecule has 0 spiro atoms. The van der Waals surface area contributed by atoms with Crippen LogP contribution in [0.2, 0.25) is 0 Å². The van der Waals surface area contributed by atoms with E-state index in [1.165, 1.54) is 17.7 Å². The Hall–Kier alpha value is -2.16. The number of carbonyl (C=O) groups excluding carboxylic acids is 1. The van der Waals surface area contributed by atoms with Crippen LogP contribution in [0.1, 0.15) is 45.6 Å². The molecule has 0 heterocycles. The second kappa shape index (κ2) is 6.08. The number of rotatable bonds is 3. The van der Waals surface area contributed by atoms with E-state index in [0.29, 0.717) is 11.1 Å². The topological polar surface area (TPSA) is 29.1 Å². The second-order valence-corrected chi connectivity index (χ2v) is 5.52. The molecule has 1 N–H and O–H groups in total. The summed E-state index contributed by atoms with van der Waals surface area (Å²) in [5.74, 6) is -0.487. The van der Waals surface area contributed by atoms with E-state index in [4.69, 9.17) is 0 Å². The van der Waals surface area contributed by atoms with Crippen molar-refractivity contribution in [2.45, 2.75) is 33.7 Å². The number of halogens is 1. The number of hydrogen-bond acceptors (Lipinski definition) is 1. The van der Waals surface area contributed by atoms with Crippen LogP contribution in [0.15, 0.2) is 36.4 Å². The number of nitrogens with one attached hydrogen (secondary N) is 1. The fourth-order valence-electron chi connectivity index (χ4n) is 2.46. The van der Waals surface area contributed by atoms with Crippen LogP contribution in [-0.2, 0) is 0 Å². The second-order valence-electron chi connectivity index (χ2n) is 5.52. The lowest BCUT2D eigenvalue weighted by atomic mass is 10.00. The Morgan fingerprint density at radius 2 is 1.76 bits per heavy atom. The maximum Gasteiger partial charge on any atom is 0.251 e. The maximum absolute atomic E-state index is 13.2. The molecule has 1 amide bonds. The molecule has 1 atom stereocenters. The maximum atomic E-state index is 13.2. The largest absolute Gasteiger partial charge is 0.346 e. The molecule has 0 aliphatic heterocycles. The van der Waals surface area contributed by atoms with Crippen LogP contribution in [0.4, 0.5) is 4.39 Å². The first-order valence-corrected chi connectivity index (χ1v) is 7.02. The van der Waals surface area contributed by atoms with Gasteiger partial charge in [-0.25, -0.2) is 4.39 Å². The third-order valence-electron chi connectivity index (χ3n) is 3.66. The van der Waals surface area contributed by atoms with Crippen LogP contribution in [0.25, 0.3) is 0 Å². The Morgan fingerprint density at radius 1 is 1.05 bits per heavy atom. The van der Waals surface area contributed by atoms with Crippen molar-refractivity contribution in [2.24, 2.45) is 0 Å². The van der Waals surface area contributed by atoms with Gasteiger partial charge in [-0.15, -0.1) is 0 Å². The average molecular weight is 285 g/mol. The summed E-state index contributed by atoms with van der Waals surface area (Å²) >= 11 is 0. The van der Waals surface area contributed by atoms with Gasteiger partial charge in [-0.05, 0) is 62.6 Å². The zero-order chi connectivity index (χ0) is 15.6. The van der Waals surface area contributed by atoms with Crippen molar-refractivity contribution in [1.82, 2.24) is 5.32 Å². The van der Waals surface area contributed by atoms with Gasteiger partial charge < -0.3 is 5.32 Å². The van der Waals surface area contributed by atoms with E-state index in [2.05, 4.69) is 11.4 Å². The van der Waals surface area contributed by atoms with E-state index in [9.17, 15) is 9.18 Å². The predicted molar refractivity (Wildman–Crippen MR) is 82.9 cm³/mol. The van der Waals surface area contributed by atoms with Crippen molar-refractivity contribution in [3.8, 4) is 0 Å². The summed E-state index contributed by atoms with van der Waals surface area (Å²) in [6.45, 7) is 7.68. The van der Waals surface area contributed by atoms with Crippen LogP contribution in [0.3, 0.4) is 0 Å². The molecule has 0 saturated carbocycles. The number of benzene rings is 2. The Labute approximate surface area is 125 Å². The zero-order valence-corrected chi connectivity index (χ0v) is 12.8. The summed E-state index contributed by atoms with van der Waals surface area (Å²) < 4.78 is 13.2. The Bertz CT molecular complexity index is 679. The average Bonchev–Trinajstić information content (AvgIpc) is 2.41. The molecular weight excluding hydrogens is 265 g/mol. The Morgan fingerprint density at radius 3 is 2.38 bits per heavy atom. The number of carbonyl (C=O) groups is 1. The van der Waals surface area contributed by atoms with E-state index in [1.807, 2.05) is 32.9 Å². The lowest BCUT2D eigenvalue weighted by molar-refractivity contribution is 0.0939. The molecule has 2 aromatic rings. The minimum absolute atomic E-state index is 0.0940. The van der Waals surface area contributed by atoms with Crippen LogP contribution in [0, 0.1) is 26.6 Å². The van der Waals surface area contributed by atoms with E-state index in [1.54, 1.807) is 13.0 Å². The van der Waals surface area contributed by atoms with Gasteiger partial charge in [-0.1, -0.05) is 23.8 Å². The fraction of sp³-hybridized carbons (Fsp3) is 0.278. The Kier molecular flexibility index (Phi) is 4.41. The standard InChI is InChI=1S/C18H20FNO/c1-11-5-7-16(12(2)9-11)14(4)20-18(21)15-6-8-17(19)13(3)10-15/h5-10,14H,1-4H3,(H,20,21). The highest BCUT2D eigenvalue weighted by atomic mass is 19.1. The van der Waals surface area contributed by atoms with Crippen LogP contribution in [0.5, 0.6) is 0 Å². The van der Waals surface area contributed by atoms with Gasteiger partial charge >= 0.3 is 0 Å². The lowest BCUT2D eigenvalue weighted by Gasteiger charge is -2.17. The van der Waals surface area contributed by atoms with Crippen LogP contribution in [-0.4, -0.2) is 5.91 Å². The molecule has 2 nitrogen and oxygen atoms in total. The molecule has 0 saturated heterocycles. The van der Waals surface area contributed by atoms with Gasteiger partial charge in [0, 0.05) is 5.56 Å². The summed E-state index contributed by atoms with van der Waals surface area (Å²) in [5, 5.41) is 2.96. The van der Waals surface area contributed by atoms with E-state index < -0.39 is 0 Å². The molecule has 1 unspecified atom stereocenters. The minimum Gasteiger partial charge on any atom is -0.346 e.